The molecule has 5 heteroatoms. The number of pyridine rings is 1. The molecule has 3 unspecified atom stereocenters. The highest BCUT2D eigenvalue weighted by Gasteiger charge is 2.36. The Balaban J connectivity index is 1.60. The summed E-state index contributed by atoms with van der Waals surface area (Å²) < 4.78 is 18.5. The Morgan fingerprint density at radius 3 is 2.92 bits per heavy atom. The molecule has 2 N–H and O–H groups in total. The molecule has 3 atom stereocenters. The number of piperidine rings is 1. The number of anilines is 1. The van der Waals surface area contributed by atoms with E-state index in [9.17, 15) is 0 Å². The van der Waals surface area contributed by atoms with E-state index in [4.69, 9.17) is 7.73 Å². The van der Waals surface area contributed by atoms with Gasteiger partial charge in [0.1, 0.15) is 5.65 Å². The van der Waals surface area contributed by atoms with E-state index in [-0.39, 0.29) is 5.41 Å². The van der Waals surface area contributed by atoms with E-state index in [0.29, 0.717) is 12.0 Å². The molecule has 5 nitrogen and oxygen atoms in total. The van der Waals surface area contributed by atoms with Crippen LogP contribution in [0.15, 0.2) is 30.7 Å². The Morgan fingerprint density at radius 1 is 1.27 bits per heavy atom. The van der Waals surface area contributed by atoms with Crippen molar-refractivity contribution in [3.8, 4) is 0 Å². The second kappa shape index (κ2) is 6.10. The van der Waals surface area contributed by atoms with Gasteiger partial charge in [-0.25, -0.2) is 4.98 Å². The molecule has 2 fully saturated rings. The molecule has 1 saturated carbocycles. The van der Waals surface area contributed by atoms with Crippen LogP contribution in [0.4, 0.5) is 5.69 Å². The van der Waals surface area contributed by atoms with Gasteiger partial charge in [-0.2, -0.15) is 0 Å². The van der Waals surface area contributed by atoms with Gasteiger partial charge in [-0.05, 0) is 48.8 Å². The van der Waals surface area contributed by atoms with Crippen LogP contribution in [0, 0.1) is 5.41 Å². The molecule has 26 heavy (non-hydrogen) atoms. The molecule has 3 aliphatic rings. The minimum absolute atomic E-state index is 0.181. The summed E-state index contributed by atoms with van der Waals surface area (Å²) in [6.07, 6.45) is 11.5. The average molecular weight is 354 g/mol. The monoisotopic (exact) mass is 353 g/mol. The van der Waals surface area contributed by atoms with Crippen molar-refractivity contribution in [3.05, 3.63) is 36.3 Å². The summed E-state index contributed by atoms with van der Waals surface area (Å²) >= 11 is 0. The van der Waals surface area contributed by atoms with E-state index in [1.54, 1.807) is 6.08 Å². The Morgan fingerprint density at radius 2 is 2.15 bits per heavy atom. The highest BCUT2D eigenvalue weighted by molar-refractivity contribution is 5.85. The Hall–Kier alpha value is -1.85. The maximum atomic E-state index is 8.28. The summed E-state index contributed by atoms with van der Waals surface area (Å²) in [6, 6.07) is 2.63. The third kappa shape index (κ3) is 2.74. The molecule has 0 spiro atoms. The van der Waals surface area contributed by atoms with Crippen molar-refractivity contribution >= 4 is 16.7 Å². The maximum absolute atomic E-state index is 8.28. The minimum atomic E-state index is -0.665. The highest BCUT2D eigenvalue weighted by atomic mass is 15.2. The fourth-order valence-corrected chi connectivity index (χ4v) is 4.44. The Bertz CT molecular complexity index is 917. The van der Waals surface area contributed by atoms with Crippen molar-refractivity contribution in [3.63, 3.8) is 0 Å². The summed E-state index contributed by atoms with van der Waals surface area (Å²) in [4.78, 5) is 6.74. The van der Waals surface area contributed by atoms with Crippen LogP contribution in [0.25, 0.3) is 11.0 Å². The molecule has 4 heterocycles. The predicted molar refractivity (Wildman–Crippen MR) is 107 cm³/mol. The number of hydrogen-bond donors (Lipinski definition) is 2. The van der Waals surface area contributed by atoms with Gasteiger partial charge in [0.2, 0.25) is 0 Å². The lowest BCUT2D eigenvalue weighted by atomic mass is 9.80. The van der Waals surface area contributed by atoms with Gasteiger partial charge in [-0.15, -0.1) is 0 Å². The van der Waals surface area contributed by atoms with Crippen molar-refractivity contribution in [1.29, 1.82) is 0 Å². The Kier molecular flexibility index (Phi) is 3.34. The topological polar surface area (TPSA) is 45.1 Å². The molecule has 1 aliphatic carbocycles. The molecule has 0 amide bonds. The van der Waals surface area contributed by atoms with Crippen LogP contribution < -0.4 is 15.5 Å². The molecule has 2 aliphatic heterocycles. The van der Waals surface area contributed by atoms with Gasteiger partial charge in [0.05, 0.1) is 19.9 Å². The van der Waals surface area contributed by atoms with Gasteiger partial charge in [0.25, 0.3) is 0 Å². The molecule has 2 aromatic heterocycles. The number of fused-ring (bicyclic) bond motifs is 1. The van der Waals surface area contributed by atoms with Crippen LogP contribution in [0.1, 0.15) is 53.4 Å². The second-order valence-corrected chi connectivity index (χ2v) is 8.51. The van der Waals surface area contributed by atoms with Crippen LogP contribution in [0.2, 0.25) is 0 Å². The first-order valence-electron chi connectivity index (χ1n) is 10.9. The molecule has 1 saturated heterocycles. The third-order valence-corrected chi connectivity index (χ3v) is 6.07. The van der Waals surface area contributed by atoms with Crippen LogP contribution in [0.3, 0.4) is 0 Å². The van der Waals surface area contributed by atoms with Crippen molar-refractivity contribution in [2.24, 2.45) is 5.41 Å². The summed E-state index contributed by atoms with van der Waals surface area (Å²) in [7, 11) is 0. The third-order valence-electron chi connectivity index (χ3n) is 6.07. The zero-order chi connectivity index (χ0) is 19.5. The van der Waals surface area contributed by atoms with Gasteiger partial charge in [0, 0.05) is 38.3 Å². The fraction of sp³-hybridized carbons (Fsp3) is 0.571. The molecule has 5 rings (SSSR count). The molecule has 0 radical (unpaired) electrons. The first-order chi connectivity index (χ1) is 13.4. The van der Waals surface area contributed by atoms with E-state index < -0.39 is 13.2 Å². The molecular formula is C21H29N5. The quantitative estimate of drug-likeness (QED) is 0.888. The van der Waals surface area contributed by atoms with Gasteiger partial charge in [-0.3, -0.25) is 5.32 Å². The second-order valence-electron chi connectivity index (χ2n) is 8.51. The molecule has 2 aromatic rings. The van der Waals surface area contributed by atoms with Crippen molar-refractivity contribution in [2.45, 2.75) is 45.1 Å². The van der Waals surface area contributed by atoms with E-state index >= 15 is 0 Å². The zero-order valence-electron chi connectivity index (χ0n) is 17.6. The lowest BCUT2D eigenvalue weighted by Crippen LogP contribution is -2.43. The number of aromatic nitrogens is 2. The number of rotatable bonds is 3. The number of hydrogen-bond acceptors (Lipinski definition) is 4. The lowest BCUT2D eigenvalue weighted by Gasteiger charge is -2.40. The summed E-state index contributed by atoms with van der Waals surface area (Å²) in [5.74, 6) is 0.644. The summed E-state index contributed by atoms with van der Waals surface area (Å²) in [5.41, 5.74) is 3.57. The molecule has 0 aromatic carbocycles. The zero-order valence-corrected chi connectivity index (χ0v) is 15.6. The fourth-order valence-electron chi connectivity index (χ4n) is 4.44. The minimum Gasteiger partial charge on any atom is -0.334 e. The van der Waals surface area contributed by atoms with E-state index in [2.05, 4.69) is 41.3 Å². The SMILES string of the molecule is [2H]C1C=CN(c2cnc3c(c2)c(C2CC2)cn3C2CCNCC2(C)C)C([2H])N1. The van der Waals surface area contributed by atoms with Gasteiger partial charge < -0.3 is 14.8 Å². The number of nitrogens with zero attached hydrogens (tertiary/aromatic N) is 3. The largest absolute Gasteiger partial charge is 0.334 e. The standard InChI is InChI=1S/C21H29N5/c1-21(2)13-22-8-6-19(21)26-12-18(15-4-5-15)17-10-16(11-24-20(17)26)25-9-3-7-23-14-25/h3,9-12,15,19,22-23H,4-8,13-14H2,1-2H3/i7D,14D. The first-order valence-corrected chi connectivity index (χ1v) is 9.72. The lowest BCUT2D eigenvalue weighted by molar-refractivity contribution is 0.165. The van der Waals surface area contributed by atoms with Crippen LogP contribution >= 0.6 is 0 Å². The van der Waals surface area contributed by atoms with Crippen molar-refractivity contribution < 1.29 is 2.74 Å². The summed E-state index contributed by atoms with van der Waals surface area (Å²) in [6.45, 7) is 5.55. The molecule has 0 bridgehead atoms. The van der Waals surface area contributed by atoms with Gasteiger partial charge in [0.15, 0.2) is 0 Å². The van der Waals surface area contributed by atoms with Crippen LogP contribution in [-0.2, 0) is 0 Å². The normalized spacial score (nSPS) is 32.5. The van der Waals surface area contributed by atoms with E-state index in [1.165, 1.54) is 23.8 Å². The highest BCUT2D eigenvalue weighted by Crippen LogP contribution is 2.46. The van der Waals surface area contributed by atoms with Crippen LogP contribution in [-0.4, -0.2) is 35.8 Å². The smallest absolute Gasteiger partial charge is 0.140 e. The summed E-state index contributed by atoms with van der Waals surface area (Å²) in [5, 5.41) is 7.68. The van der Waals surface area contributed by atoms with E-state index in [0.717, 1.165) is 30.8 Å². The average Bonchev–Trinajstić information content (AvgIpc) is 3.43. The van der Waals surface area contributed by atoms with Crippen LogP contribution in [0.5, 0.6) is 0 Å². The van der Waals surface area contributed by atoms with Gasteiger partial charge >= 0.3 is 0 Å². The molecular weight excluding hydrogens is 322 g/mol. The van der Waals surface area contributed by atoms with E-state index in [1.807, 2.05) is 17.3 Å². The van der Waals surface area contributed by atoms with Crippen molar-refractivity contribution in [2.75, 3.05) is 31.2 Å². The molecule has 138 valence electrons. The predicted octanol–water partition coefficient (Wildman–Crippen LogP) is 3.36. The maximum Gasteiger partial charge on any atom is 0.140 e. The van der Waals surface area contributed by atoms with Crippen molar-refractivity contribution in [1.82, 2.24) is 20.2 Å². The first kappa shape index (κ1) is 14.2. The Labute approximate surface area is 158 Å². The number of nitrogens with one attached hydrogen (secondary N) is 2. The van der Waals surface area contributed by atoms with Gasteiger partial charge in [-0.1, -0.05) is 19.9 Å².